The van der Waals surface area contributed by atoms with E-state index in [1.54, 1.807) is 4.68 Å². The van der Waals surface area contributed by atoms with Crippen LogP contribution in [0.25, 0.3) is 27.6 Å². The largest absolute Gasteiger partial charge is 0.292 e. The van der Waals surface area contributed by atoms with Gasteiger partial charge < -0.3 is 0 Å². The van der Waals surface area contributed by atoms with Gasteiger partial charge in [-0.3, -0.25) is 14.6 Å². The Kier molecular flexibility index (Phi) is 2.20. The van der Waals surface area contributed by atoms with Crippen LogP contribution < -0.4 is 5.56 Å². The summed E-state index contributed by atoms with van der Waals surface area (Å²) in [6.45, 7) is 0. The predicted molar refractivity (Wildman–Crippen MR) is 77.0 cm³/mol. The smallest absolute Gasteiger partial charge is 0.265 e. The van der Waals surface area contributed by atoms with E-state index < -0.39 is 0 Å². The van der Waals surface area contributed by atoms with Crippen LogP contribution in [0, 0.1) is 0 Å². The number of para-hydroxylation sites is 1. The first-order chi connectivity index (χ1) is 9.84. The number of aromatic amines is 1. The Balaban J connectivity index is 2.22. The summed E-state index contributed by atoms with van der Waals surface area (Å²) in [6.07, 6.45) is 0. The molecule has 4 rings (SSSR count). The molecule has 5 heteroatoms. The molecule has 0 aliphatic rings. The number of nitrogens with one attached hydrogen (secondary N) is 1. The minimum atomic E-state index is -0.234. The van der Waals surface area contributed by atoms with E-state index in [2.05, 4.69) is 15.3 Å². The van der Waals surface area contributed by atoms with E-state index in [0.717, 1.165) is 22.1 Å². The second-order valence-electron chi connectivity index (χ2n) is 4.53. The highest BCUT2D eigenvalue weighted by Gasteiger charge is 2.13. The third-order valence-corrected chi connectivity index (χ3v) is 3.31. The molecule has 0 amide bonds. The van der Waals surface area contributed by atoms with Gasteiger partial charge in [-0.05, 0) is 18.2 Å². The number of fused-ring (bicyclic) bond motifs is 3. The van der Waals surface area contributed by atoms with E-state index in [1.165, 1.54) is 0 Å². The lowest BCUT2D eigenvalue weighted by atomic mass is 10.2. The van der Waals surface area contributed by atoms with Crippen LogP contribution in [0.2, 0.25) is 0 Å². The van der Waals surface area contributed by atoms with Gasteiger partial charge in [-0.1, -0.05) is 36.4 Å². The highest BCUT2D eigenvalue weighted by atomic mass is 16.1. The molecule has 0 saturated carbocycles. The van der Waals surface area contributed by atoms with Crippen molar-refractivity contribution in [2.75, 3.05) is 0 Å². The molecule has 2 heterocycles. The van der Waals surface area contributed by atoms with Crippen LogP contribution in [0.15, 0.2) is 59.4 Å². The van der Waals surface area contributed by atoms with E-state index in [9.17, 15) is 4.79 Å². The van der Waals surface area contributed by atoms with Gasteiger partial charge >= 0.3 is 0 Å². The maximum atomic E-state index is 12.0. The molecule has 0 radical (unpaired) electrons. The van der Waals surface area contributed by atoms with Gasteiger partial charge in [0.1, 0.15) is 5.52 Å². The summed E-state index contributed by atoms with van der Waals surface area (Å²) in [5.74, 6) is 0. The lowest BCUT2D eigenvalue weighted by molar-refractivity contribution is 0.893. The molecule has 5 nitrogen and oxygen atoms in total. The number of hydrogen-bond donors (Lipinski definition) is 1. The topological polar surface area (TPSA) is 63.6 Å². The van der Waals surface area contributed by atoms with Crippen molar-refractivity contribution in [2.24, 2.45) is 0 Å². The van der Waals surface area contributed by atoms with Crippen molar-refractivity contribution in [3.8, 4) is 5.69 Å². The number of rotatable bonds is 1. The molecule has 4 aromatic rings. The lowest BCUT2D eigenvalue weighted by Gasteiger charge is -2.05. The molecular weight excluding hydrogens is 252 g/mol. The molecule has 1 N–H and O–H groups in total. The summed E-state index contributed by atoms with van der Waals surface area (Å²) in [6, 6.07) is 17.3. The molecule has 2 aromatic carbocycles. The first-order valence-electron chi connectivity index (χ1n) is 6.26. The zero-order valence-corrected chi connectivity index (χ0v) is 10.4. The van der Waals surface area contributed by atoms with Crippen molar-refractivity contribution in [3.05, 3.63) is 65.0 Å². The van der Waals surface area contributed by atoms with Gasteiger partial charge in [-0.15, -0.1) is 10.2 Å². The zero-order chi connectivity index (χ0) is 13.5. The van der Waals surface area contributed by atoms with Crippen molar-refractivity contribution in [2.45, 2.75) is 0 Å². The Morgan fingerprint density at radius 2 is 1.65 bits per heavy atom. The Bertz CT molecular complexity index is 969. The van der Waals surface area contributed by atoms with Gasteiger partial charge in [0.15, 0.2) is 5.52 Å². The number of H-pyrrole nitrogens is 1. The van der Waals surface area contributed by atoms with Gasteiger partial charge in [0, 0.05) is 5.39 Å². The van der Waals surface area contributed by atoms with Crippen LogP contribution >= 0.6 is 0 Å². The Labute approximate surface area is 113 Å². The Hall–Kier alpha value is -2.95. The fraction of sp³-hybridized carbons (Fsp3) is 0. The van der Waals surface area contributed by atoms with Crippen LogP contribution in [-0.2, 0) is 0 Å². The van der Waals surface area contributed by atoms with E-state index in [1.807, 2.05) is 54.6 Å². The van der Waals surface area contributed by atoms with Gasteiger partial charge in [0.05, 0.1) is 11.2 Å². The zero-order valence-electron chi connectivity index (χ0n) is 10.4. The molecule has 0 fully saturated rings. The summed E-state index contributed by atoms with van der Waals surface area (Å²) in [5.41, 5.74) is 2.53. The average molecular weight is 262 g/mol. The molecule has 0 aliphatic heterocycles. The monoisotopic (exact) mass is 262 g/mol. The molecule has 0 spiro atoms. The summed E-state index contributed by atoms with van der Waals surface area (Å²) in [5, 5.41) is 11.9. The van der Waals surface area contributed by atoms with E-state index >= 15 is 0 Å². The summed E-state index contributed by atoms with van der Waals surface area (Å²) in [7, 11) is 0. The fourth-order valence-electron chi connectivity index (χ4n) is 2.40. The van der Waals surface area contributed by atoms with Crippen LogP contribution in [0.1, 0.15) is 0 Å². The minimum absolute atomic E-state index is 0.234. The van der Waals surface area contributed by atoms with Crippen LogP contribution in [0.5, 0.6) is 0 Å². The molecule has 0 bridgehead atoms. The second-order valence-corrected chi connectivity index (χ2v) is 4.53. The minimum Gasteiger partial charge on any atom is -0.265 e. The van der Waals surface area contributed by atoms with E-state index in [4.69, 9.17) is 0 Å². The quantitative estimate of drug-likeness (QED) is 0.572. The molecule has 0 atom stereocenters. The normalized spacial score (nSPS) is 11.2. The first-order valence-corrected chi connectivity index (χ1v) is 6.26. The Morgan fingerprint density at radius 3 is 2.50 bits per heavy atom. The summed E-state index contributed by atoms with van der Waals surface area (Å²) >= 11 is 0. The van der Waals surface area contributed by atoms with Crippen LogP contribution in [-0.4, -0.2) is 20.0 Å². The van der Waals surface area contributed by atoms with Crippen molar-refractivity contribution in [1.82, 2.24) is 20.0 Å². The molecule has 0 aliphatic carbocycles. The van der Waals surface area contributed by atoms with Crippen LogP contribution in [0.4, 0.5) is 0 Å². The van der Waals surface area contributed by atoms with Crippen molar-refractivity contribution >= 4 is 21.9 Å². The summed E-state index contributed by atoms with van der Waals surface area (Å²) < 4.78 is 1.76. The third kappa shape index (κ3) is 1.46. The number of hydrogen-bond acceptors (Lipinski definition) is 3. The second kappa shape index (κ2) is 4.03. The van der Waals surface area contributed by atoms with Crippen molar-refractivity contribution in [1.29, 1.82) is 0 Å². The standard InChI is InChI=1S/C15H10N4O/c20-15-13-14(11-8-4-5-9-12(11)16-17-13)19(18-15)10-6-2-1-3-7-10/h1-9H,(H,18,20). The number of benzene rings is 2. The van der Waals surface area contributed by atoms with Crippen molar-refractivity contribution in [3.63, 3.8) is 0 Å². The molecule has 0 unspecified atom stereocenters. The van der Waals surface area contributed by atoms with Gasteiger partial charge in [0.2, 0.25) is 0 Å². The maximum absolute atomic E-state index is 12.0. The Morgan fingerprint density at radius 1 is 0.900 bits per heavy atom. The first kappa shape index (κ1) is 10.9. The molecule has 2 aromatic heterocycles. The lowest BCUT2D eigenvalue weighted by Crippen LogP contribution is -2.04. The van der Waals surface area contributed by atoms with Crippen molar-refractivity contribution < 1.29 is 0 Å². The molecule has 0 saturated heterocycles. The van der Waals surface area contributed by atoms with Gasteiger partial charge in [-0.2, -0.15) is 0 Å². The SMILES string of the molecule is O=c1[nH]n(-c2ccccc2)c2c1nnc1ccccc12. The number of nitrogens with zero attached hydrogens (tertiary/aromatic N) is 3. The molecule has 20 heavy (non-hydrogen) atoms. The predicted octanol–water partition coefficient (Wildman–Crippen LogP) is 2.26. The number of aromatic nitrogens is 4. The third-order valence-electron chi connectivity index (χ3n) is 3.31. The van der Waals surface area contributed by atoms with E-state index in [0.29, 0.717) is 5.52 Å². The van der Waals surface area contributed by atoms with Crippen LogP contribution in [0.3, 0.4) is 0 Å². The molecule has 96 valence electrons. The maximum Gasteiger partial charge on any atom is 0.292 e. The summed E-state index contributed by atoms with van der Waals surface area (Å²) in [4.78, 5) is 12.0. The van der Waals surface area contributed by atoms with E-state index in [-0.39, 0.29) is 5.56 Å². The molecular formula is C15H10N4O. The fourth-order valence-corrected chi connectivity index (χ4v) is 2.40. The highest BCUT2D eigenvalue weighted by Crippen LogP contribution is 2.21. The van der Waals surface area contributed by atoms with Gasteiger partial charge in [0.25, 0.3) is 5.56 Å². The average Bonchev–Trinajstić information content (AvgIpc) is 2.86. The highest BCUT2D eigenvalue weighted by molar-refractivity contribution is 6.01. The van der Waals surface area contributed by atoms with Gasteiger partial charge in [-0.25, -0.2) is 0 Å².